The third kappa shape index (κ3) is 2.46. The zero-order valence-corrected chi connectivity index (χ0v) is 10.0. The monoisotopic (exact) mass is 223 g/mol. The van der Waals surface area contributed by atoms with Gasteiger partial charge in [0.2, 0.25) is 0 Å². The predicted octanol–water partition coefficient (Wildman–Crippen LogP) is 3.80. The van der Waals surface area contributed by atoms with Gasteiger partial charge in [0.25, 0.3) is 0 Å². The first kappa shape index (κ1) is 10.8. The van der Waals surface area contributed by atoms with Gasteiger partial charge in [0, 0.05) is 24.2 Å². The third-order valence-electron chi connectivity index (χ3n) is 3.23. The average molecular weight is 224 g/mol. The van der Waals surface area contributed by atoms with Crippen molar-refractivity contribution in [1.29, 1.82) is 0 Å². The Hall–Kier alpha value is -0.690. The Morgan fingerprint density at radius 3 is 2.60 bits per heavy atom. The highest BCUT2D eigenvalue weighted by Crippen LogP contribution is 2.24. The van der Waals surface area contributed by atoms with Gasteiger partial charge >= 0.3 is 0 Å². The number of benzene rings is 1. The molecular formula is C13H18ClN. The fraction of sp³-hybridized carbons (Fsp3) is 0.538. The van der Waals surface area contributed by atoms with Crippen LogP contribution < -0.4 is 4.90 Å². The molecule has 1 nitrogen and oxygen atoms in total. The van der Waals surface area contributed by atoms with Gasteiger partial charge in [0.05, 0.1) is 0 Å². The topological polar surface area (TPSA) is 3.24 Å². The highest BCUT2D eigenvalue weighted by atomic mass is 35.5. The molecule has 1 aromatic carbocycles. The third-order valence-corrected chi connectivity index (χ3v) is 3.53. The number of hydrogen-bond donors (Lipinski definition) is 0. The molecule has 1 fully saturated rings. The van der Waals surface area contributed by atoms with E-state index in [1.165, 1.54) is 37.1 Å². The molecule has 0 aliphatic carbocycles. The van der Waals surface area contributed by atoms with E-state index < -0.39 is 0 Å². The van der Waals surface area contributed by atoms with Gasteiger partial charge in [0.15, 0.2) is 0 Å². The second-order valence-electron chi connectivity index (χ2n) is 4.34. The Morgan fingerprint density at radius 1 is 1.27 bits per heavy atom. The maximum Gasteiger partial charge on any atom is 0.0474 e. The van der Waals surface area contributed by atoms with Gasteiger partial charge in [-0.25, -0.2) is 0 Å². The van der Waals surface area contributed by atoms with Crippen LogP contribution in [0.15, 0.2) is 24.3 Å². The molecule has 0 saturated carbocycles. The first-order chi connectivity index (χ1) is 7.31. The van der Waals surface area contributed by atoms with Gasteiger partial charge in [-0.2, -0.15) is 0 Å². The highest BCUT2D eigenvalue weighted by Gasteiger charge is 2.17. The van der Waals surface area contributed by atoms with E-state index >= 15 is 0 Å². The van der Waals surface area contributed by atoms with Gasteiger partial charge in [-0.1, -0.05) is 12.1 Å². The summed E-state index contributed by atoms with van der Waals surface area (Å²) in [5.41, 5.74) is 2.54. The van der Waals surface area contributed by atoms with Crippen molar-refractivity contribution in [2.45, 2.75) is 38.1 Å². The summed E-state index contributed by atoms with van der Waals surface area (Å²) in [5.74, 6) is 0.607. The number of halogens is 1. The van der Waals surface area contributed by atoms with Crippen molar-refractivity contribution in [3.8, 4) is 0 Å². The number of rotatable bonds is 2. The molecule has 0 N–H and O–H groups in total. The Balaban J connectivity index is 2.13. The Labute approximate surface area is 97.0 Å². The SMILES string of the molecule is CC1CCCCN1c1ccc(CCl)cc1. The zero-order chi connectivity index (χ0) is 10.7. The van der Waals surface area contributed by atoms with E-state index in [2.05, 4.69) is 36.1 Å². The second-order valence-corrected chi connectivity index (χ2v) is 4.61. The van der Waals surface area contributed by atoms with Crippen molar-refractivity contribution in [3.63, 3.8) is 0 Å². The van der Waals surface area contributed by atoms with Crippen LogP contribution in [-0.4, -0.2) is 12.6 Å². The summed E-state index contributed by atoms with van der Waals surface area (Å²) in [6.45, 7) is 3.51. The molecular weight excluding hydrogens is 206 g/mol. The summed E-state index contributed by atoms with van der Waals surface area (Å²) in [7, 11) is 0. The first-order valence-electron chi connectivity index (χ1n) is 5.73. The quantitative estimate of drug-likeness (QED) is 0.690. The molecule has 1 saturated heterocycles. The summed E-state index contributed by atoms with van der Waals surface area (Å²) < 4.78 is 0. The van der Waals surface area contributed by atoms with Crippen LogP contribution in [0.1, 0.15) is 31.7 Å². The molecule has 1 aliphatic heterocycles. The maximum absolute atomic E-state index is 5.78. The molecule has 0 bridgehead atoms. The fourth-order valence-corrected chi connectivity index (χ4v) is 2.44. The lowest BCUT2D eigenvalue weighted by Gasteiger charge is -2.35. The minimum Gasteiger partial charge on any atom is -0.369 e. The molecule has 1 unspecified atom stereocenters. The molecule has 0 radical (unpaired) electrons. The molecule has 0 aromatic heterocycles. The van der Waals surface area contributed by atoms with E-state index in [0.717, 1.165) is 0 Å². The van der Waals surface area contributed by atoms with Crippen molar-refractivity contribution in [3.05, 3.63) is 29.8 Å². The summed E-state index contributed by atoms with van der Waals surface area (Å²) >= 11 is 5.78. The number of anilines is 1. The number of piperidine rings is 1. The van der Waals surface area contributed by atoms with Gasteiger partial charge < -0.3 is 4.90 Å². The summed E-state index contributed by atoms with van der Waals surface area (Å²) in [6, 6.07) is 9.33. The van der Waals surface area contributed by atoms with Crippen LogP contribution in [0.3, 0.4) is 0 Å². The molecule has 1 aromatic rings. The smallest absolute Gasteiger partial charge is 0.0474 e. The maximum atomic E-state index is 5.78. The number of hydrogen-bond acceptors (Lipinski definition) is 1. The van der Waals surface area contributed by atoms with Crippen LogP contribution in [0, 0.1) is 0 Å². The Kier molecular flexibility index (Phi) is 3.53. The van der Waals surface area contributed by atoms with E-state index in [0.29, 0.717) is 11.9 Å². The summed E-state index contributed by atoms with van der Waals surface area (Å²) in [4.78, 5) is 2.50. The number of alkyl halides is 1. The minimum atomic E-state index is 0.607. The van der Waals surface area contributed by atoms with Crippen LogP contribution in [0.25, 0.3) is 0 Å². The van der Waals surface area contributed by atoms with Crippen molar-refractivity contribution in [1.82, 2.24) is 0 Å². The van der Waals surface area contributed by atoms with Crippen molar-refractivity contribution >= 4 is 17.3 Å². The average Bonchev–Trinajstić information content (AvgIpc) is 2.30. The fourth-order valence-electron chi connectivity index (χ4n) is 2.26. The molecule has 1 heterocycles. The van der Waals surface area contributed by atoms with Crippen LogP contribution in [-0.2, 0) is 5.88 Å². The molecule has 82 valence electrons. The van der Waals surface area contributed by atoms with Crippen molar-refractivity contribution in [2.75, 3.05) is 11.4 Å². The van der Waals surface area contributed by atoms with Crippen molar-refractivity contribution in [2.24, 2.45) is 0 Å². The Morgan fingerprint density at radius 2 is 2.00 bits per heavy atom. The van der Waals surface area contributed by atoms with Crippen LogP contribution in [0.5, 0.6) is 0 Å². The van der Waals surface area contributed by atoms with Gasteiger partial charge in [-0.05, 0) is 43.9 Å². The van der Waals surface area contributed by atoms with Crippen LogP contribution >= 0.6 is 11.6 Å². The lowest BCUT2D eigenvalue weighted by Crippen LogP contribution is -2.37. The van der Waals surface area contributed by atoms with Crippen LogP contribution in [0.2, 0.25) is 0 Å². The van der Waals surface area contributed by atoms with Gasteiger partial charge in [-0.15, -0.1) is 11.6 Å². The van der Waals surface area contributed by atoms with E-state index in [1.54, 1.807) is 0 Å². The van der Waals surface area contributed by atoms with Gasteiger partial charge in [-0.3, -0.25) is 0 Å². The molecule has 2 heteroatoms. The molecule has 2 rings (SSSR count). The zero-order valence-electron chi connectivity index (χ0n) is 9.25. The molecule has 1 atom stereocenters. The lowest BCUT2D eigenvalue weighted by molar-refractivity contribution is 0.485. The summed E-state index contributed by atoms with van der Waals surface area (Å²) in [5, 5.41) is 0. The second kappa shape index (κ2) is 4.89. The lowest BCUT2D eigenvalue weighted by atomic mass is 10.0. The highest BCUT2D eigenvalue weighted by molar-refractivity contribution is 6.17. The molecule has 0 spiro atoms. The Bertz CT molecular complexity index is 307. The standard InChI is InChI=1S/C13H18ClN/c1-11-4-2-3-9-15(11)13-7-5-12(10-14)6-8-13/h5-8,11H,2-4,9-10H2,1H3. The van der Waals surface area contributed by atoms with Gasteiger partial charge in [0.1, 0.15) is 0 Å². The molecule has 1 aliphatic rings. The van der Waals surface area contributed by atoms with E-state index in [9.17, 15) is 0 Å². The molecule has 0 amide bonds. The van der Waals surface area contributed by atoms with E-state index in [1.807, 2.05) is 0 Å². The number of nitrogens with zero attached hydrogens (tertiary/aromatic N) is 1. The predicted molar refractivity (Wildman–Crippen MR) is 66.7 cm³/mol. The molecule has 15 heavy (non-hydrogen) atoms. The van der Waals surface area contributed by atoms with E-state index in [-0.39, 0.29) is 0 Å². The van der Waals surface area contributed by atoms with Crippen LogP contribution in [0.4, 0.5) is 5.69 Å². The summed E-state index contributed by atoms with van der Waals surface area (Å²) in [6.07, 6.45) is 4.01. The minimum absolute atomic E-state index is 0.607. The largest absolute Gasteiger partial charge is 0.369 e. The van der Waals surface area contributed by atoms with Crippen molar-refractivity contribution < 1.29 is 0 Å². The normalized spacial score (nSPS) is 21.7. The first-order valence-corrected chi connectivity index (χ1v) is 6.26. The van der Waals surface area contributed by atoms with E-state index in [4.69, 9.17) is 11.6 Å².